The topological polar surface area (TPSA) is 63.4 Å². The van der Waals surface area contributed by atoms with E-state index in [2.05, 4.69) is 25.8 Å². The van der Waals surface area contributed by atoms with Crippen molar-refractivity contribution in [2.24, 2.45) is 0 Å². The van der Waals surface area contributed by atoms with Crippen LogP contribution in [0.5, 0.6) is 0 Å². The first-order valence-electron chi connectivity index (χ1n) is 8.94. The zero-order chi connectivity index (χ0) is 16.8. The molecule has 0 saturated carbocycles. The number of carbonyl (C=O) groups excluding carboxylic acids is 1. The molecule has 2 aromatic heterocycles. The molecule has 0 unspecified atom stereocenters. The van der Waals surface area contributed by atoms with Gasteiger partial charge in [0.15, 0.2) is 0 Å². The summed E-state index contributed by atoms with van der Waals surface area (Å²) in [6, 6.07) is 8.07. The van der Waals surface area contributed by atoms with Crippen molar-refractivity contribution in [2.75, 3.05) is 11.4 Å². The second kappa shape index (κ2) is 5.65. The van der Waals surface area contributed by atoms with Crippen LogP contribution in [0.15, 0.2) is 30.5 Å². The summed E-state index contributed by atoms with van der Waals surface area (Å²) < 4.78 is 2.09. The Kier molecular flexibility index (Phi) is 3.29. The third-order valence-corrected chi connectivity index (χ3v) is 5.20. The van der Waals surface area contributed by atoms with Crippen LogP contribution in [-0.4, -0.2) is 32.0 Å². The Morgan fingerprint density at radius 1 is 0.920 bits per heavy atom. The van der Waals surface area contributed by atoms with Gasteiger partial charge in [-0.05, 0) is 44.2 Å². The minimum atomic E-state index is 0.211. The number of hydrogen-bond acceptors (Lipinski definition) is 4. The molecule has 1 aliphatic carbocycles. The summed E-state index contributed by atoms with van der Waals surface area (Å²) in [5, 5.41) is 8.63. The summed E-state index contributed by atoms with van der Waals surface area (Å²) in [7, 11) is 0. The van der Waals surface area contributed by atoms with Gasteiger partial charge in [-0.1, -0.05) is 12.1 Å². The van der Waals surface area contributed by atoms with Gasteiger partial charge in [0.25, 0.3) is 5.78 Å². The number of anilines is 1. The van der Waals surface area contributed by atoms with Crippen molar-refractivity contribution in [3.63, 3.8) is 0 Å². The normalized spacial score (nSPS) is 17.3. The number of aryl methyl sites for hydroxylation is 2. The van der Waals surface area contributed by atoms with Crippen molar-refractivity contribution in [3.8, 4) is 11.3 Å². The van der Waals surface area contributed by atoms with Gasteiger partial charge in [-0.25, -0.2) is 4.98 Å². The number of rotatable bonds is 2. The molecular weight excluding hydrogens is 314 g/mol. The highest BCUT2D eigenvalue weighted by atomic mass is 16.2. The molecule has 1 amide bonds. The Morgan fingerprint density at radius 3 is 2.56 bits per heavy atom. The average Bonchev–Trinajstić information content (AvgIpc) is 3.28. The fourth-order valence-electron chi connectivity index (χ4n) is 3.86. The minimum absolute atomic E-state index is 0.211. The van der Waals surface area contributed by atoms with E-state index in [0.717, 1.165) is 48.4 Å². The number of imidazole rings is 1. The van der Waals surface area contributed by atoms with Gasteiger partial charge in [0.2, 0.25) is 5.91 Å². The van der Waals surface area contributed by atoms with Crippen molar-refractivity contribution in [1.82, 2.24) is 19.6 Å². The highest BCUT2D eigenvalue weighted by Crippen LogP contribution is 2.27. The molecule has 0 N–H and O–H groups in total. The van der Waals surface area contributed by atoms with Gasteiger partial charge in [0.05, 0.1) is 11.4 Å². The molecule has 2 aliphatic rings. The second-order valence-electron chi connectivity index (χ2n) is 6.79. The molecule has 6 heteroatoms. The van der Waals surface area contributed by atoms with E-state index in [9.17, 15) is 4.79 Å². The van der Waals surface area contributed by atoms with Gasteiger partial charge in [-0.15, -0.1) is 5.10 Å². The third-order valence-electron chi connectivity index (χ3n) is 5.20. The first-order valence-corrected chi connectivity index (χ1v) is 8.94. The van der Waals surface area contributed by atoms with E-state index in [1.165, 1.54) is 18.5 Å². The van der Waals surface area contributed by atoms with Crippen LogP contribution in [-0.2, 0) is 17.6 Å². The van der Waals surface area contributed by atoms with Crippen LogP contribution >= 0.6 is 0 Å². The molecule has 0 radical (unpaired) electrons. The average molecular weight is 333 g/mol. The Balaban J connectivity index is 1.51. The summed E-state index contributed by atoms with van der Waals surface area (Å²) in [6.07, 6.45) is 8.07. The smallest absolute Gasteiger partial charge is 0.254 e. The maximum atomic E-state index is 11.9. The fraction of sp³-hybridized carbons (Fsp3) is 0.368. The minimum Gasteiger partial charge on any atom is -0.312 e. The van der Waals surface area contributed by atoms with Crippen LogP contribution in [0.2, 0.25) is 0 Å². The number of fused-ring (bicyclic) bond motifs is 3. The van der Waals surface area contributed by atoms with Crippen molar-refractivity contribution in [2.45, 2.75) is 38.5 Å². The van der Waals surface area contributed by atoms with E-state index in [1.54, 1.807) is 0 Å². The molecule has 0 bridgehead atoms. The van der Waals surface area contributed by atoms with Crippen LogP contribution in [0.25, 0.3) is 17.0 Å². The largest absolute Gasteiger partial charge is 0.312 e. The lowest BCUT2D eigenvalue weighted by atomic mass is 10.0. The molecule has 1 fully saturated rings. The lowest BCUT2D eigenvalue weighted by molar-refractivity contribution is -0.117. The van der Waals surface area contributed by atoms with Gasteiger partial charge in [-0.3, -0.25) is 9.20 Å². The second-order valence-corrected chi connectivity index (χ2v) is 6.79. The molecule has 3 heterocycles. The van der Waals surface area contributed by atoms with Crippen LogP contribution in [0.3, 0.4) is 0 Å². The molecule has 1 aromatic carbocycles. The van der Waals surface area contributed by atoms with Crippen LogP contribution in [0.4, 0.5) is 5.69 Å². The Morgan fingerprint density at radius 2 is 1.76 bits per heavy atom. The molecule has 5 rings (SSSR count). The Bertz CT molecular complexity index is 960. The monoisotopic (exact) mass is 333 g/mol. The van der Waals surface area contributed by atoms with Crippen LogP contribution < -0.4 is 4.90 Å². The molecule has 6 nitrogen and oxygen atoms in total. The number of hydrogen-bond donors (Lipinski definition) is 0. The van der Waals surface area contributed by atoms with Crippen molar-refractivity contribution >= 4 is 17.4 Å². The van der Waals surface area contributed by atoms with E-state index < -0.39 is 0 Å². The summed E-state index contributed by atoms with van der Waals surface area (Å²) in [4.78, 5) is 18.4. The highest BCUT2D eigenvalue weighted by Gasteiger charge is 2.22. The van der Waals surface area contributed by atoms with Gasteiger partial charge < -0.3 is 4.90 Å². The Hall–Kier alpha value is -2.76. The molecule has 25 heavy (non-hydrogen) atoms. The summed E-state index contributed by atoms with van der Waals surface area (Å²) in [6.45, 7) is 0.814. The number of nitrogens with zero attached hydrogens (tertiary/aromatic N) is 5. The molecule has 3 aromatic rings. The SMILES string of the molecule is O=C1CCCN1c1ccc(-c2cn3c4c(nnc3n2)CCCC4)cc1. The zero-order valence-electron chi connectivity index (χ0n) is 14.0. The summed E-state index contributed by atoms with van der Waals surface area (Å²) >= 11 is 0. The standard InChI is InChI=1S/C19H19N5O/c25-18-6-3-11-23(18)14-9-7-13(8-10-14)16-12-24-17-5-2-1-4-15(17)21-22-19(24)20-16/h7-10,12H,1-6,11H2. The lowest BCUT2D eigenvalue weighted by Gasteiger charge is -2.15. The first-order chi connectivity index (χ1) is 12.3. The van der Waals surface area contributed by atoms with Crippen molar-refractivity contribution in [3.05, 3.63) is 41.9 Å². The maximum Gasteiger partial charge on any atom is 0.254 e. The molecular formula is C19H19N5O. The number of carbonyl (C=O) groups is 1. The fourth-order valence-corrected chi connectivity index (χ4v) is 3.86. The van der Waals surface area contributed by atoms with Crippen molar-refractivity contribution < 1.29 is 4.79 Å². The van der Waals surface area contributed by atoms with E-state index >= 15 is 0 Å². The molecule has 126 valence electrons. The number of benzene rings is 1. The molecule has 0 spiro atoms. The summed E-state index contributed by atoms with van der Waals surface area (Å²) in [5.74, 6) is 0.872. The number of aromatic nitrogens is 4. The summed E-state index contributed by atoms with van der Waals surface area (Å²) in [5.41, 5.74) is 5.24. The molecule has 1 saturated heterocycles. The van der Waals surface area contributed by atoms with Crippen LogP contribution in [0, 0.1) is 0 Å². The van der Waals surface area contributed by atoms with Gasteiger partial charge in [0.1, 0.15) is 0 Å². The van der Waals surface area contributed by atoms with Gasteiger partial charge in [-0.2, -0.15) is 5.10 Å². The van der Waals surface area contributed by atoms with E-state index in [4.69, 9.17) is 0 Å². The Labute approximate surface area is 145 Å². The van der Waals surface area contributed by atoms with Crippen LogP contribution in [0.1, 0.15) is 37.1 Å². The van der Waals surface area contributed by atoms with E-state index in [1.807, 2.05) is 29.2 Å². The van der Waals surface area contributed by atoms with E-state index in [0.29, 0.717) is 12.2 Å². The first kappa shape index (κ1) is 14.6. The maximum absolute atomic E-state index is 11.9. The van der Waals surface area contributed by atoms with Gasteiger partial charge >= 0.3 is 0 Å². The zero-order valence-corrected chi connectivity index (χ0v) is 14.0. The highest BCUT2D eigenvalue weighted by molar-refractivity contribution is 5.95. The molecule has 0 atom stereocenters. The number of amides is 1. The quantitative estimate of drug-likeness (QED) is 0.723. The molecule has 1 aliphatic heterocycles. The predicted molar refractivity (Wildman–Crippen MR) is 94.4 cm³/mol. The third kappa shape index (κ3) is 2.40. The lowest BCUT2D eigenvalue weighted by Crippen LogP contribution is -2.23. The van der Waals surface area contributed by atoms with Gasteiger partial charge in [0, 0.05) is 36.1 Å². The van der Waals surface area contributed by atoms with E-state index in [-0.39, 0.29) is 5.91 Å². The van der Waals surface area contributed by atoms with Crippen molar-refractivity contribution in [1.29, 1.82) is 0 Å². The predicted octanol–water partition coefficient (Wildman–Crippen LogP) is 2.80.